The molecule has 0 aliphatic carbocycles. The van der Waals surface area contributed by atoms with Crippen LogP contribution in [0, 0.1) is 5.82 Å². The average Bonchev–Trinajstić information content (AvgIpc) is 2.68. The molecule has 1 atom stereocenters. The molecule has 1 fully saturated rings. The van der Waals surface area contributed by atoms with Crippen molar-refractivity contribution in [3.8, 4) is 0 Å². The number of rotatable bonds is 3. The molecule has 1 N–H and O–H groups in total. The summed E-state index contributed by atoms with van der Waals surface area (Å²) in [5, 5.41) is 2.85. The molecule has 1 aliphatic heterocycles. The number of nitrogens with zero attached hydrogens (tertiary/aromatic N) is 1. The summed E-state index contributed by atoms with van der Waals surface area (Å²) in [5.41, 5.74) is 0.761. The van der Waals surface area contributed by atoms with Crippen molar-refractivity contribution in [3.63, 3.8) is 0 Å². The van der Waals surface area contributed by atoms with E-state index < -0.39 is 5.66 Å². The van der Waals surface area contributed by atoms with Crippen LogP contribution in [0.4, 0.5) is 4.39 Å². The number of likely N-dealkylation sites (N-methyl/N-ethyl adjacent to an activating group) is 1. The molecule has 1 amide bonds. The van der Waals surface area contributed by atoms with E-state index >= 15 is 0 Å². The number of benzene rings is 1. The van der Waals surface area contributed by atoms with Crippen molar-refractivity contribution in [2.75, 3.05) is 7.05 Å². The third-order valence-electron chi connectivity index (χ3n) is 3.70. The summed E-state index contributed by atoms with van der Waals surface area (Å²) in [5.74, 6) is -0.621. The minimum Gasteiger partial charge on any atom is -0.344 e. The molecule has 1 saturated heterocycles. The maximum absolute atomic E-state index is 13.4. The Balaban J connectivity index is 2.41. The van der Waals surface area contributed by atoms with Gasteiger partial charge in [-0.2, -0.15) is 0 Å². The molecule has 21 heavy (non-hydrogen) atoms. The number of aldehydes is 1. The Bertz CT molecular complexity index is 651. The average molecular weight is 288 g/mol. The predicted molar refractivity (Wildman–Crippen MR) is 77.6 cm³/mol. The van der Waals surface area contributed by atoms with E-state index in [1.54, 1.807) is 50.1 Å². The number of allylic oxidation sites excluding steroid dienone is 3. The number of hydrogen-bond acceptors (Lipinski definition) is 3. The van der Waals surface area contributed by atoms with Gasteiger partial charge in [0, 0.05) is 12.6 Å². The third-order valence-corrected chi connectivity index (χ3v) is 3.70. The Morgan fingerprint density at radius 3 is 2.76 bits per heavy atom. The second-order valence-corrected chi connectivity index (χ2v) is 5.18. The van der Waals surface area contributed by atoms with Crippen LogP contribution < -0.4 is 5.32 Å². The van der Waals surface area contributed by atoms with E-state index in [2.05, 4.69) is 5.32 Å². The first kappa shape index (κ1) is 15.0. The minimum atomic E-state index is -0.825. The summed E-state index contributed by atoms with van der Waals surface area (Å²) in [6.07, 6.45) is 3.88. The number of nitrogens with one attached hydrogen (secondary N) is 1. The van der Waals surface area contributed by atoms with Crippen LogP contribution >= 0.6 is 0 Å². The molecule has 0 spiro atoms. The smallest absolute Gasteiger partial charge is 0.269 e. The van der Waals surface area contributed by atoms with Crippen molar-refractivity contribution in [2.45, 2.75) is 19.5 Å². The topological polar surface area (TPSA) is 49.4 Å². The van der Waals surface area contributed by atoms with Crippen molar-refractivity contribution in [2.24, 2.45) is 0 Å². The summed E-state index contributed by atoms with van der Waals surface area (Å²) in [6.45, 7) is 3.46. The van der Waals surface area contributed by atoms with E-state index in [1.165, 1.54) is 12.1 Å². The highest BCUT2D eigenvalue weighted by molar-refractivity contribution is 5.96. The second kappa shape index (κ2) is 5.52. The number of hydrogen-bond donors (Lipinski definition) is 1. The molecule has 4 nitrogen and oxygen atoms in total. The molecule has 110 valence electrons. The van der Waals surface area contributed by atoms with Gasteiger partial charge in [0.2, 0.25) is 0 Å². The zero-order valence-electron chi connectivity index (χ0n) is 12.2. The van der Waals surface area contributed by atoms with Crippen molar-refractivity contribution < 1.29 is 14.0 Å². The molecule has 1 aliphatic rings. The maximum atomic E-state index is 13.4. The Morgan fingerprint density at radius 1 is 1.43 bits per heavy atom. The van der Waals surface area contributed by atoms with E-state index in [1.807, 2.05) is 0 Å². The number of amides is 1. The van der Waals surface area contributed by atoms with Crippen LogP contribution in [0.15, 0.2) is 47.7 Å². The normalized spacial score (nSPS) is 24.4. The fourth-order valence-electron chi connectivity index (χ4n) is 2.26. The fourth-order valence-corrected chi connectivity index (χ4v) is 2.26. The highest BCUT2D eigenvalue weighted by Gasteiger charge is 2.42. The van der Waals surface area contributed by atoms with Gasteiger partial charge in [-0.25, -0.2) is 4.39 Å². The Kier molecular flexibility index (Phi) is 3.93. The SMILES string of the molecule is C/C(C=O)=C/C=C1/C(=O)NC(C)(c2cccc(F)c2)N1C. The van der Waals surface area contributed by atoms with Gasteiger partial charge in [-0.3, -0.25) is 9.59 Å². The largest absolute Gasteiger partial charge is 0.344 e. The Hall–Kier alpha value is -2.43. The van der Waals surface area contributed by atoms with Gasteiger partial charge in [-0.1, -0.05) is 18.2 Å². The third kappa shape index (κ3) is 2.72. The van der Waals surface area contributed by atoms with E-state index in [9.17, 15) is 14.0 Å². The summed E-state index contributed by atoms with van der Waals surface area (Å²) in [4.78, 5) is 24.5. The Labute approximate surface area is 122 Å². The molecule has 1 unspecified atom stereocenters. The van der Waals surface area contributed by atoms with Crippen LogP contribution in [-0.2, 0) is 15.3 Å². The Morgan fingerprint density at radius 2 is 2.14 bits per heavy atom. The lowest BCUT2D eigenvalue weighted by molar-refractivity contribution is -0.117. The summed E-state index contributed by atoms with van der Waals surface area (Å²) in [7, 11) is 1.75. The van der Waals surface area contributed by atoms with Crippen molar-refractivity contribution >= 4 is 12.2 Å². The molecule has 1 heterocycles. The molecule has 0 radical (unpaired) electrons. The van der Waals surface area contributed by atoms with E-state index in [0.29, 0.717) is 16.8 Å². The standard InChI is InChI=1S/C16H17FN2O2/c1-11(10-20)7-8-14-15(21)18-16(2,19(14)3)12-5-4-6-13(17)9-12/h4-10H,1-3H3,(H,18,21)/b11-7-,14-8-. The summed E-state index contributed by atoms with van der Waals surface area (Å²) >= 11 is 0. The molecule has 5 heteroatoms. The lowest BCUT2D eigenvalue weighted by Crippen LogP contribution is -2.44. The maximum Gasteiger partial charge on any atom is 0.269 e. The number of carbonyl (C=O) groups excluding carboxylic acids is 2. The van der Waals surface area contributed by atoms with Crippen molar-refractivity contribution in [3.05, 3.63) is 59.1 Å². The van der Waals surface area contributed by atoms with Crippen molar-refractivity contribution in [1.29, 1.82) is 0 Å². The van der Waals surface area contributed by atoms with Crippen LogP contribution in [0.5, 0.6) is 0 Å². The molecule has 2 rings (SSSR count). The van der Waals surface area contributed by atoms with Gasteiger partial charge in [-0.05, 0) is 37.6 Å². The van der Waals surface area contributed by atoms with Crippen LogP contribution in [-0.4, -0.2) is 24.1 Å². The van der Waals surface area contributed by atoms with Gasteiger partial charge in [-0.15, -0.1) is 0 Å². The highest BCUT2D eigenvalue weighted by Crippen LogP contribution is 2.33. The van der Waals surface area contributed by atoms with Crippen LogP contribution in [0.25, 0.3) is 0 Å². The first-order valence-electron chi connectivity index (χ1n) is 6.54. The van der Waals surface area contributed by atoms with Crippen LogP contribution in [0.2, 0.25) is 0 Å². The van der Waals surface area contributed by atoms with E-state index in [0.717, 1.165) is 6.29 Å². The molecule has 0 aromatic heterocycles. The molecular formula is C16H17FN2O2. The predicted octanol–water partition coefficient (Wildman–Crippen LogP) is 2.09. The monoisotopic (exact) mass is 288 g/mol. The first-order chi connectivity index (χ1) is 9.88. The van der Waals surface area contributed by atoms with E-state index in [-0.39, 0.29) is 11.7 Å². The molecule has 0 saturated carbocycles. The van der Waals surface area contributed by atoms with E-state index in [4.69, 9.17) is 0 Å². The summed E-state index contributed by atoms with van der Waals surface area (Å²) < 4.78 is 13.4. The fraction of sp³-hybridized carbons (Fsp3) is 0.250. The van der Waals surface area contributed by atoms with Gasteiger partial charge in [0.05, 0.1) is 0 Å². The number of halogens is 1. The summed E-state index contributed by atoms with van der Waals surface area (Å²) in [6, 6.07) is 6.12. The van der Waals surface area contributed by atoms with Crippen LogP contribution in [0.1, 0.15) is 19.4 Å². The van der Waals surface area contributed by atoms with Gasteiger partial charge in [0.1, 0.15) is 23.5 Å². The number of carbonyl (C=O) groups is 2. The molecule has 1 aromatic rings. The van der Waals surface area contributed by atoms with Gasteiger partial charge >= 0.3 is 0 Å². The van der Waals surface area contributed by atoms with Crippen LogP contribution in [0.3, 0.4) is 0 Å². The van der Waals surface area contributed by atoms with Gasteiger partial charge in [0.25, 0.3) is 5.91 Å². The highest BCUT2D eigenvalue weighted by atomic mass is 19.1. The second-order valence-electron chi connectivity index (χ2n) is 5.18. The minimum absolute atomic E-state index is 0.265. The van der Waals surface area contributed by atoms with Gasteiger partial charge < -0.3 is 10.2 Å². The first-order valence-corrected chi connectivity index (χ1v) is 6.54. The molecule has 0 bridgehead atoms. The van der Waals surface area contributed by atoms with Crippen molar-refractivity contribution in [1.82, 2.24) is 10.2 Å². The lowest BCUT2D eigenvalue weighted by Gasteiger charge is -2.33. The van der Waals surface area contributed by atoms with Gasteiger partial charge in [0.15, 0.2) is 0 Å². The molecular weight excluding hydrogens is 271 g/mol. The molecule has 1 aromatic carbocycles. The zero-order chi connectivity index (χ0) is 15.6. The zero-order valence-corrected chi connectivity index (χ0v) is 12.2. The lowest BCUT2D eigenvalue weighted by atomic mass is 10.0. The quantitative estimate of drug-likeness (QED) is 0.684.